The lowest BCUT2D eigenvalue weighted by atomic mass is 10.0. The summed E-state index contributed by atoms with van der Waals surface area (Å²) in [4.78, 5) is 42.4. The van der Waals surface area contributed by atoms with E-state index >= 15 is 0 Å². The van der Waals surface area contributed by atoms with Crippen LogP contribution in [-0.4, -0.2) is 62.7 Å². The van der Waals surface area contributed by atoms with Crippen molar-refractivity contribution in [3.8, 4) is 6.07 Å². The number of aromatic nitrogens is 1. The first-order chi connectivity index (χ1) is 15.9. The van der Waals surface area contributed by atoms with Gasteiger partial charge in [-0.2, -0.15) is 5.26 Å². The summed E-state index contributed by atoms with van der Waals surface area (Å²) in [5, 5.41) is 33.1. The van der Waals surface area contributed by atoms with Crippen molar-refractivity contribution in [3.63, 3.8) is 0 Å². The number of hydrogen-bond donors (Lipinski definition) is 4. The summed E-state index contributed by atoms with van der Waals surface area (Å²) in [6.45, 7) is 0.0788. The van der Waals surface area contributed by atoms with Crippen molar-refractivity contribution in [2.24, 2.45) is 0 Å². The minimum atomic E-state index is -1.34. The number of nitriles is 1. The molecule has 0 radical (unpaired) electrons. The summed E-state index contributed by atoms with van der Waals surface area (Å²) < 4.78 is 0. The Morgan fingerprint density at radius 3 is 2.58 bits per heavy atom. The summed E-state index contributed by atoms with van der Waals surface area (Å²) in [7, 11) is 0. The Hall–Kier alpha value is -3.97. The molecule has 33 heavy (non-hydrogen) atoms. The lowest BCUT2D eigenvalue weighted by Crippen LogP contribution is -2.53. The predicted molar refractivity (Wildman–Crippen MR) is 117 cm³/mol. The molecule has 1 aromatic heterocycles. The number of rotatable bonds is 8. The van der Waals surface area contributed by atoms with Crippen LogP contribution in [0.15, 0.2) is 48.7 Å². The molecule has 4 N–H and O–H groups in total. The summed E-state index contributed by atoms with van der Waals surface area (Å²) >= 11 is 0. The Balaban J connectivity index is 1.66. The number of carboxylic acid groups (broad SMARTS) is 1. The smallest absolute Gasteiger partial charge is 0.405 e. The van der Waals surface area contributed by atoms with E-state index in [1.54, 1.807) is 6.07 Å². The molecule has 1 saturated heterocycles. The number of aliphatic hydroxyl groups is 1. The van der Waals surface area contributed by atoms with Crippen LogP contribution >= 0.6 is 0 Å². The predicted octanol–water partition coefficient (Wildman–Crippen LogP) is 0.800. The van der Waals surface area contributed by atoms with Crippen molar-refractivity contribution in [1.29, 1.82) is 5.26 Å². The summed E-state index contributed by atoms with van der Waals surface area (Å²) in [5.41, 5.74) is 1.88. The van der Waals surface area contributed by atoms with Gasteiger partial charge in [-0.1, -0.05) is 36.4 Å². The average molecular weight is 451 g/mol. The maximum Gasteiger partial charge on any atom is 0.405 e. The number of nitrogens with one attached hydrogen (secondary N) is 2. The standard InChI is InChI=1S/C23H25N5O5/c24-11-17-8-6-16(12-25-17)13-26-21(30)20-10-18(29)14-28(20)22(31)19(27-23(32)33)9-7-15-4-2-1-3-5-15/h1-6,8,12,18-20,27,29H,7,9-10,13-14H2,(H,26,30)(H,32,33)/t18-,19+,20-/m0/s1. The number of likely N-dealkylation sites (tertiary alicyclic amines) is 1. The fourth-order valence-electron chi connectivity index (χ4n) is 3.77. The zero-order valence-corrected chi connectivity index (χ0v) is 17.8. The molecule has 1 aromatic carbocycles. The highest BCUT2D eigenvalue weighted by Crippen LogP contribution is 2.21. The third kappa shape index (κ3) is 6.51. The minimum absolute atomic E-state index is 0.0571. The molecule has 3 rings (SSSR count). The number of carbonyl (C=O) groups is 3. The van der Waals surface area contributed by atoms with Crippen LogP contribution in [0.25, 0.3) is 0 Å². The second-order valence-corrected chi connectivity index (χ2v) is 7.80. The first kappa shape index (κ1) is 23.7. The van der Waals surface area contributed by atoms with Crippen LogP contribution in [0.1, 0.15) is 29.7 Å². The van der Waals surface area contributed by atoms with Crippen LogP contribution in [0.2, 0.25) is 0 Å². The third-order valence-corrected chi connectivity index (χ3v) is 5.43. The molecule has 1 fully saturated rings. The molecule has 1 aliphatic heterocycles. The minimum Gasteiger partial charge on any atom is -0.465 e. The molecule has 0 unspecified atom stereocenters. The van der Waals surface area contributed by atoms with E-state index in [0.29, 0.717) is 12.0 Å². The van der Waals surface area contributed by atoms with E-state index in [1.807, 2.05) is 36.4 Å². The van der Waals surface area contributed by atoms with Crippen molar-refractivity contribution >= 4 is 17.9 Å². The van der Waals surface area contributed by atoms with Gasteiger partial charge in [0, 0.05) is 25.7 Å². The maximum atomic E-state index is 13.2. The van der Waals surface area contributed by atoms with E-state index in [1.165, 1.54) is 17.2 Å². The number of aryl methyl sites for hydroxylation is 1. The quantitative estimate of drug-likeness (QED) is 0.462. The van der Waals surface area contributed by atoms with E-state index in [2.05, 4.69) is 15.6 Å². The van der Waals surface area contributed by atoms with Crippen molar-refractivity contribution in [3.05, 3.63) is 65.5 Å². The average Bonchev–Trinajstić information content (AvgIpc) is 3.22. The zero-order valence-electron chi connectivity index (χ0n) is 17.8. The van der Waals surface area contributed by atoms with Crippen LogP contribution in [0.5, 0.6) is 0 Å². The molecule has 3 atom stereocenters. The van der Waals surface area contributed by atoms with E-state index in [-0.39, 0.29) is 31.6 Å². The van der Waals surface area contributed by atoms with Crippen LogP contribution in [0, 0.1) is 11.3 Å². The molecule has 2 aromatic rings. The van der Waals surface area contributed by atoms with Gasteiger partial charge in [0.05, 0.1) is 6.10 Å². The molecule has 3 amide bonds. The Labute approximate surface area is 190 Å². The Morgan fingerprint density at radius 2 is 1.94 bits per heavy atom. The highest BCUT2D eigenvalue weighted by molar-refractivity contribution is 5.91. The first-order valence-electron chi connectivity index (χ1n) is 10.5. The lowest BCUT2D eigenvalue weighted by Gasteiger charge is -2.28. The molecule has 10 nitrogen and oxygen atoms in total. The molecule has 2 heterocycles. The van der Waals surface area contributed by atoms with Crippen molar-refractivity contribution in [2.75, 3.05) is 6.54 Å². The largest absolute Gasteiger partial charge is 0.465 e. The Bertz CT molecular complexity index is 1020. The van der Waals surface area contributed by atoms with Gasteiger partial charge in [-0.3, -0.25) is 9.59 Å². The zero-order chi connectivity index (χ0) is 23.8. The van der Waals surface area contributed by atoms with Gasteiger partial charge in [0.2, 0.25) is 11.8 Å². The third-order valence-electron chi connectivity index (χ3n) is 5.43. The number of benzene rings is 1. The summed E-state index contributed by atoms with van der Waals surface area (Å²) in [6.07, 6.45) is -0.0105. The fraction of sp³-hybridized carbons (Fsp3) is 0.348. The van der Waals surface area contributed by atoms with E-state index < -0.39 is 36.1 Å². The molecular formula is C23H25N5O5. The number of amides is 3. The second-order valence-electron chi connectivity index (χ2n) is 7.80. The number of hydrogen-bond acceptors (Lipinski definition) is 6. The maximum absolute atomic E-state index is 13.2. The molecule has 0 aliphatic carbocycles. The number of β-amino-alcohol motifs (C(OH)–C–C–N with tert-alkyl or cyclic N) is 1. The van der Waals surface area contributed by atoms with Crippen LogP contribution in [-0.2, 0) is 22.6 Å². The van der Waals surface area contributed by atoms with Gasteiger partial charge in [-0.25, -0.2) is 9.78 Å². The highest BCUT2D eigenvalue weighted by Gasteiger charge is 2.41. The topological polar surface area (TPSA) is 156 Å². The van der Waals surface area contributed by atoms with E-state index in [4.69, 9.17) is 5.26 Å². The van der Waals surface area contributed by atoms with Gasteiger partial charge in [-0.15, -0.1) is 0 Å². The molecule has 10 heteroatoms. The number of carbonyl (C=O) groups excluding carboxylic acids is 2. The van der Waals surface area contributed by atoms with Gasteiger partial charge in [0.25, 0.3) is 0 Å². The Kier molecular flexibility index (Phi) is 7.94. The van der Waals surface area contributed by atoms with Crippen molar-refractivity contribution in [1.82, 2.24) is 20.5 Å². The molecule has 0 saturated carbocycles. The van der Waals surface area contributed by atoms with Gasteiger partial charge >= 0.3 is 6.09 Å². The lowest BCUT2D eigenvalue weighted by molar-refractivity contribution is -0.140. The number of nitrogens with zero attached hydrogens (tertiary/aromatic N) is 3. The molecular weight excluding hydrogens is 426 g/mol. The van der Waals surface area contributed by atoms with Crippen molar-refractivity contribution < 1.29 is 24.6 Å². The number of aliphatic hydroxyl groups excluding tert-OH is 1. The van der Waals surface area contributed by atoms with Crippen LogP contribution in [0.4, 0.5) is 4.79 Å². The second kappa shape index (κ2) is 11.1. The normalized spacial score (nSPS) is 18.2. The van der Waals surface area contributed by atoms with Gasteiger partial charge in [0.1, 0.15) is 23.8 Å². The summed E-state index contributed by atoms with van der Waals surface area (Å²) in [6, 6.07) is 12.5. The monoisotopic (exact) mass is 451 g/mol. The molecule has 172 valence electrons. The highest BCUT2D eigenvalue weighted by atomic mass is 16.4. The molecule has 1 aliphatic rings. The van der Waals surface area contributed by atoms with E-state index in [9.17, 15) is 24.6 Å². The van der Waals surface area contributed by atoms with Crippen LogP contribution < -0.4 is 10.6 Å². The van der Waals surface area contributed by atoms with Gasteiger partial charge in [-0.05, 0) is 30.0 Å². The van der Waals surface area contributed by atoms with Gasteiger partial charge in [0.15, 0.2) is 0 Å². The van der Waals surface area contributed by atoms with Gasteiger partial charge < -0.3 is 25.7 Å². The number of pyridine rings is 1. The SMILES string of the molecule is N#Cc1ccc(CNC(=O)[C@@H]2C[C@H](O)CN2C(=O)[C@@H](CCc2ccccc2)NC(=O)O)cn1. The molecule has 0 bridgehead atoms. The van der Waals surface area contributed by atoms with Crippen molar-refractivity contribution in [2.45, 2.75) is 44.0 Å². The first-order valence-corrected chi connectivity index (χ1v) is 10.5. The summed E-state index contributed by atoms with van der Waals surface area (Å²) in [5.74, 6) is -1.01. The molecule has 0 spiro atoms. The van der Waals surface area contributed by atoms with E-state index in [0.717, 1.165) is 5.56 Å². The fourth-order valence-corrected chi connectivity index (χ4v) is 3.77. The van der Waals surface area contributed by atoms with Crippen LogP contribution in [0.3, 0.4) is 0 Å². The Morgan fingerprint density at radius 1 is 1.18 bits per heavy atom.